The Morgan fingerprint density at radius 3 is 2.46 bits per heavy atom. The van der Waals surface area contributed by atoms with Crippen molar-refractivity contribution < 1.29 is 10.4 Å². The molecule has 1 atom stereocenters. The van der Waals surface area contributed by atoms with E-state index in [-0.39, 0.29) is 0 Å². The minimum atomic E-state index is -0.711. The van der Waals surface area contributed by atoms with E-state index in [4.69, 9.17) is 0 Å². The minimum absolute atomic E-state index is 0.711. The first-order valence-electron chi connectivity index (χ1n) is 4.76. The second-order valence-electron chi connectivity index (χ2n) is 3.54. The highest BCUT2D eigenvalue weighted by Crippen LogP contribution is 2.17. The summed E-state index contributed by atoms with van der Waals surface area (Å²) in [7, 11) is 0. The van der Waals surface area contributed by atoms with Crippen LogP contribution in [0.1, 0.15) is 19.4 Å². The van der Waals surface area contributed by atoms with Gasteiger partial charge in [0.25, 0.3) is 0 Å². The van der Waals surface area contributed by atoms with E-state index in [1.165, 1.54) is 0 Å². The van der Waals surface area contributed by atoms with Crippen molar-refractivity contribution in [2.45, 2.75) is 19.4 Å². The van der Waals surface area contributed by atoms with Gasteiger partial charge in [0.15, 0.2) is 0 Å². The maximum absolute atomic E-state index is 10.1. The first kappa shape index (κ1) is 10.2. The van der Waals surface area contributed by atoms with Crippen LogP contribution in [0.25, 0.3) is 0 Å². The first-order chi connectivity index (χ1) is 6.17. The molecule has 13 heavy (non-hydrogen) atoms. The van der Waals surface area contributed by atoms with Crippen molar-refractivity contribution in [2.24, 2.45) is 0 Å². The number of nitrogens with two attached hydrogens (primary N) is 1. The van der Waals surface area contributed by atoms with E-state index in [1.54, 1.807) is 0 Å². The summed E-state index contributed by atoms with van der Waals surface area (Å²) in [6, 6.07) is 9.79. The molecule has 1 aromatic rings. The Hall–Kier alpha value is -0.860. The van der Waals surface area contributed by atoms with E-state index in [0.717, 1.165) is 12.1 Å². The molecule has 1 rings (SSSR count). The summed E-state index contributed by atoms with van der Waals surface area (Å²) in [5.41, 5.74) is 0.275. The number of hydrogen-bond acceptors (Lipinski definition) is 1. The van der Waals surface area contributed by atoms with Crippen LogP contribution < -0.4 is 5.32 Å². The monoisotopic (exact) mass is 180 g/mol. The molecule has 0 saturated carbocycles. The van der Waals surface area contributed by atoms with Crippen LogP contribution in [0, 0.1) is 0 Å². The van der Waals surface area contributed by atoms with Gasteiger partial charge in [0.05, 0.1) is 6.54 Å². The fraction of sp³-hybridized carbons (Fsp3) is 0.455. The predicted octanol–water partition coefficient (Wildman–Crippen LogP) is 0.477. The molecule has 0 aromatic heterocycles. The predicted molar refractivity (Wildman–Crippen MR) is 53.3 cm³/mol. The zero-order valence-corrected chi connectivity index (χ0v) is 8.33. The SMILES string of the molecule is CC[NH2+]C[C@](C)(O)c1ccccc1. The molecule has 3 N–H and O–H groups in total. The molecule has 2 heteroatoms. The van der Waals surface area contributed by atoms with E-state index in [2.05, 4.69) is 12.2 Å². The Bertz CT molecular complexity index is 244. The van der Waals surface area contributed by atoms with Gasteiger partial charge in [0.1, 0.15) is 12.1 Å². The van der Waals surface area contributed by atoms with Gasteiger partial charge >= 0.3 is 0 Å². The van der Waals surface area contributed by atoms with E-state index < -0.39 is 5.60 Å². The quantitative estimate of drug-likeness (QED) is 0.694. The molecule has 0 aliphatic rings. The lowest BCUT2D eigenvalue weighted by Crippen LogP contribution is -2.86. The second-order valence-corrected chi connectivity index (χ2v) is 3.54. The molecule has 0 radical (unpaired) electrons. The highest BCUT2D eigenvalue weighted by molar-refractivity contribution is 5.21. The van der Waals surface area contributed by atoms with E-state index in [0.29, 0.717) is 6.54 Å². The van der Waals surface area contributed by atoms with Gasteiger partial charge in [-0.25, -0.2) is 0 Å². The lowest BCUT2D eigenvalue weighted by atomic mass is 9.96. The maximum atomic E-state index is 10.1. The lowest BCUT2D eigenvalue weighted by Gasteiger charge is -2.21. The molecule has 0 unspecified atom stereocenters. The van der Waals surface area contributed by atoms with Gasteiger partial charge in [0.2, 0.25) is 0 Å². The van der Waals surface area contributed by atoms with Crippen molar-refractivity contribution in [2.75, 3.05) is 13.1 Å². The van der Waals surface area contributed by atoms with E-state index in [9.17, 15) is 5.11 Å². The van der Waals surface area contributed by atoms with Crippen molar-refractivity contribution in [3.63, 3.8) is 0 Å². The van der Waals surface area contributed by atoms with E-state index >= 15 is 0 Å². The number of quaternary nitrogens is 1. The Morgan fingerprint density at radius 1 is 1.31 bits per heavy atom. The molecular weight excluding hydrogens is 162 g/mol. The largest absolute Gasteiger partial charge is 0.380 e. The highest BCUT2D eigenvalue weighted by Gasteiger charge is 2.24. The molecule has 0 fully saturated rings. The van der Waals surface area contributed by atoms with Crippen LogP contribution in [-0.2, 0) is 5.60 Å². The van der Waals surface area contributed by atoms with Gasteiger partial charge in [-0.05, 0) is 19.4 Å². The van der Waals surface area contributed by atoms with Gasteiger partial charge < -0.3 is 10.4 Å². The smallest absolute Gasteiger partial charge is 0.135 e. The highest BCUT2D eigenvalue weighted by atomic mass is 16.3. The summed E-state index contributed by atoms with van der Waals surface area (Å²) in [4.78, 5) is 0. The molecule has 0 amide bonds. The molecule has 0 saturated heterocycles. The normalized spacial score (nSPS) is 15.3. The van der Waals surface area contributed by atoms with Gasteiger partial charge in [-0.3, -0.25) is 0 Å². The zero-order valence-electron chi connectivity index (χ0n) is 8.33. The van der Waals surface area contributed by atoms with Crippen molar-refractivity contribution >= 4 is 0 Å². The van der Waals surface area contributed by atoms with Crippen LogP contribution in [0.5, 0.6) is 0 Å². The first-order valence-corrected chi connectivity index (χ1v) is 4.76. The summed E-state index contributed by atoms with van der Waals surface area (Å²) in [5.74, 6) is 0. The molecule has 0 aliphatic carbocycles. The molecule has 0 aliphatic heterocycles. The summed E-state index contributed by atoms with van der Waals surface area (Å²) in [5, 5.41) is 12.2. The number of rotatable bonds is 4. The minimum Gasteiger partial charge on any atom is -0.380 e. The van der Waals surface area contributed by atoms with Gasteiger partial charge in [-0.15, -0.1) is 0 Å². The lowest BCUT2D eigenvalue weighted by molar-refractivity contribution is -0.665. The van der Waals surface area contributed by atoms with Crippen LogP contribution >= 0.6 is 0 Å². The third-order valence-electron chi connectivity index (χ3n) is 2.23. The van der Waals surface area contributed by atoms with E-state index in [1.807, 2.05) is 37.3 Å². The maximum Gasteiger partial charge on any atom is 0.135 e. The Morgan fingerprint density at radius 2 is 1.92 bits per heavy atom. The number of benzene rings is 1. The summed E-state index contributed by atoms with van der Waals surface area (Å²) < 4.78 is 0. The molecule has 1 aromatic carbocycles. The molecule has 0 bridgehead atoms. The third-order valence-corrected chi connectivity index (χ3v) is 2.23. The topological polar surface area (TPSA) is 36.8 Å². The Kier molecular flexibility index (Phi) is 3.46. The molecule has 0 spiro atoms. The average molecular weight is 180 g/mol. The molecule has 2 nitrogen and oxygen atoms in total. The average Bonchev–Trinajstić information content (AvgIpc) is 2.16. The van der Waals surface area contributed by atoms with Gasteiger partial charge in [-0.1, -0.05) is 30.3 Å². The zero-order chi connectivity index (χ0) is 9.73. The van der Waals surface area contributed by atoms with Crippen LogP contribution in [0.3, 0.4) is 0 Å². The van der Waals surface area contributed by atoms with Crippen molar-refractivity contribution in [1.29, 1.82) is 0 Å². The van der Waals surface area contributed by atoms with Crippen molar-refractivity contribution in [3.8, 4) is 0 Å². The standard InChI is InChI=1S/C11H17NO/c1-3-12-9-11(2,13)10-7-5-4-6-8-10/h4-8,12-13H,3,9H2,1-2H3/p+1/t11-/m0/s1. The fourth-order valence-electron chi connectivity index (χ4n) is 1.34. The number of hydrogen-bond donors (Lipinski definition) is 2. The third kappa shape index (κ3) is 2.83. The van der Waals surface area contributed by atoms with Crippen molar-refractivity contribution in [1.82, 2.24) is 0 Å². The molecule has 72 valence electrons. The molecular formula is C11H18NO+. The number of likely N-dealkylation sites (N-methyl/N-ethyl adjacent to an activating group) is 1. The van der Waals surface area contributed by atoms with Crippen LogP contribution in [-0.4, -0.2) is 18.2 Å². The van der Waals surface area contributed by atoms with Crippen LogP contribution in [0.15, 0.2) is 30.3 Å². The van der Waals surface area contributed by atoms with Gasteiger partial charge in [0, 0.05) is 0 Å². The van der Waals surface area contributed by atoms with Gasteiger partial charge in [-0.2, -0.15) is 0 Å². The fourth-order valence-corrected chi connectivity index (χ4v) is 1.34. The molecule has 0 heterocycles. The second kappa shape index (κ2) is 4.40. The Labute approximate surface area is 79.6 Å². The van der Waals surface area contributed by atoms with Crippen LogP contribution in [0.2, 0.25) is 0 Å². The summed E-state index contributed by atoms with van der Waals surface area (Å²) in [6.45, 7) is 5.66. The van der Waals surface area contributed by atoms with Crippen LogP contribution in [0.4, 0.5) is 0 Å². The summed E-state index contributed by atoms with van der Waals surface area (Å²) >= 11 is 0. The van der Waals surface area contributed by atoms with Crippen molar-refractivity contribution in [3.05, 3.63) is 35.9 Å². The number of aliphatic hydroxyl groups is 1. The summed E-state index contributed by atoms with van der Waals surface area (Å²) in [6.07, 6.45) is 0. The Balaban J connectivity index is 2.69.